The molecule has 3 nitrogen and oxygen atoms in total. The second kappa shape index (κ2) is 3.83. The van der Waals surface area contributed by atoms with Gasteiger partial charge < -0.3 is 14.9 Å². The van der Waals surface area contributed by atoms with Gasteiger partial charge in [-0.25, -0.2) is 0 Å². The highest BCUT2D eigenvalue weighted by Crippen LogP contribution is 2.53. The van der Waals surface area contributed by atoms with Crippen LogP contribution in [0.2, 0.25) is 0 Å². The van der Waals surface area contributed by atoms with Crippen molar-refractivity contribution >= 4 is 21.5 Å². The molecule has 1 aliphatic heterocycles. The zero-order chi connectivity index (χ0) is 14.1. The van der Waals surface area contributed by atoms with Gasteiger partial charge in [-0.05, 0) is 44.8 Å². The quantitative estimate of drug-likeness (QED) is 0.491. The lowest BCUT2D eigenvalue weighted by molar-refractivity contribution is 0.000106. The molecular formula is C18H14O3. The van der Waals surface area contributed by atoms with Crippen LogP contribution in [0.4, 0.5) is 0 Å². The molecule has 2 aliphatic rings. The molecule has 1 heterocycles. The zero-order valence-corrected chi connectivity index (χ0v) is 11.2. The molecule has 0 bridgehead atoms. The van der Waals surface area contributed by atoms with Crippen LogP contribution >= 0.6 is 0 Å². The molecule has 104 valence electrons. The molecule has 0 radical (unpaired) electrons. The van der Waals surface area contributed by atoms with Crippen LogP contribution in [0.15, 0.2) is 48.5 Å². The van der Waals surface area contributed by atoms with Crippen LogP contribution < -0.4 is 0 Å². The Balaban J connectivity index is 1.87. The van der Waals surface area contributed by atoms with Gasteiger partial charge in [0.2, 0.25) is 0 Å². The minimum atomic E-state index is -0.861. The molecule has 0 aromatic heterocycles. The predicted molar refractivity (Wildman–Crippen MR) is 80.0 cm³/mol. The van der Waals surface area contributed by atoms with Gasteiger partial charge in [0, 0.05) is 0 Å². The minimum Gasteiger partial charge on any atom is -0.387 e. The average molecular weight is 278 g/mol. The molecule has 2 N–H and O–H groups in total. The third-order valence-corrected chi connectivity index (χ3v) is 4.75. The number of aliphatic hydroxyl groups is 2. The smallest absolute Gasteiger partial charge is 0.118 e. The Bertz CT molecular complexity index is 886. The van der Waals surface area contributed by atoms with E-state index < -0.39 is 12.2 Å². The van der Waals surface area contributed by atoms with Crippen LogP contribution in [0.3, 0.4) is 0 Å². The predicted octanol–water partition coefficient (Wildman–Crippen LogP) is 2.84. The first-order valence-electron chi connectivity index (χ1n) is 7.21. The summed E-state index contributed by atoms with van der Waals surface area (Å²) in [5.41, 5.74) is 1.84. The standard InChI is InChI=1S/C18H14O3/c19-15-12-6-5-11-7-9-3-1-2-4-10(9)8-13(11)14(12)17-18(21-17)16(15)20/h1-8,15-20H/t15-,16-,17+,18-/m1/s1. The van der Waals surface area contributed by atoms with Crippen LogP contribution in [0.5, 0.6) is 0 Å². The van der Waals surface area contributed by atoms with Crippen molar-refractivity contribution in [3.05, 3.63) is 59.7 Å². The number of hydrogen-bond donors (Lipinski definition) is 2. The van der Waals surface area contributed by atoms with Crippen molar-refractivity contribution in [2.75, 3.05) is 0 Å². The first-order chi connectivity index (χ1) is 10.2. The highest BCUT2D eigenvalue weighted by molar-refractivity contribution is 6.00. The van der Waals surface area contributed by atoms with Crippen molar-refractivity contribution in [3.63, 3.8) is 0 Å². The molecule has 3 aromatic rings. The number of ether oxygens (including phenoxy) is 1. The van der Waals surface area contributed by atoms with E-state index in [1.165, 1.54) is 10.8 Å². The molecule has 0 saturated carbocycles. The Hall–Kier alpha value is -1.94. The molecular weight excluding hydrogens is 264 g/mol. The lowest BCUT2D eigenvalue weighted by Crippen LogP contribution is -2.29. The Morgan fingerprint density at radius 1 is 0.857 bits per heavy atom. The van der Waals surface area contributed by atoms with Crippen LogP contribution in [0, 0.1) is 0 Å². The van der Waals surface area contributed by atoms with Gasteiger partial charge in [-0.3, -0.25) is 0 Å². The largest absolute Gasteiger partial charge is 0.387 e. The van der Waals surface area contributed by atoms with Gasteiger partial charge in [0.25, 0.3) is 0 Å². The number of fused-ring (bicyclic) bond motifs is 6. The van der Waals surface area contributed by atoms with Gasteiger partial charge in [0.05, 0.1) is 0 Å². The summed E-state index contributed by atoms with van der Waals surface area (Å²) < 4.78 is 5.60. The fraction of sp³-hybridized carbons (Fsp3) is 0.222. The summed E-state index contributed by atoms with van der Waals surface area (Å²) in [6, 6.07) is 16.5. The minimum absolute atomic E-state index is 0.0803. The second-order valence-electron chi connectivity index (χ2n) is 5.95. The van der Waals surface area contributed by atoms with Crippen molar-refractivity contribution in [1.29, 1.82) is 0 Å². The molecule has 0 amide bonds. The van der Waals surface area contributed by atoms with E-state index in [9.17, 15) is 10.2 Å². The molecule has 0 spiro atoms. The Kier molecular flexibility index (Phi) is 2.13. The highest BCUT2D eigenvalue weighted by Gasteiger charge is 2.54. The van der Waals surface area contributed by atoms with Crippen molar-refractivity contribution in [3.8, 4) is 0 Å². The summed E-state index contributed by atoms with van der Waals surface area (Å²) >= 11 is 0. The van der Waals surface area contributed by atoms with Crippen LogP contribution in [-0.4, -0.2) is 22.4 Å². The summed E-state index contributed by atoms with van der Waals surface area (Å²) in [5.74, 6) is 0. The van der Waals surface area contributed by atoms with Crippen molar-refractivity contribution < 1.29 is 14.9 Å². The Morgan fingerprint density at radius 3 is 2.43 bits per heavy atom. The molecule has 1 aliphatic carbocycles. The maximum absolute atomic E-state index is 10.3. The van der Waals surface area contributed by atoms with E-state index in [2.05, 4.69) is 24.3 Å². The van der Waals surface area contributed by atoms with E-state index in [1.54, 1.807) is 0 Å². The van der Waals surface area contributed by atoms with E-state index in [0.29, 0.717) is 0 Å². The Labute approximate surface area is 121 Å². The van der Waals surface area contributed by atoms with Gasteiger partial charge in [0.15, 0.2) is 0 Å². The summed E-state index contributed by atoms with van der Waals surface area (Å²) in [6.07, 6.45) is -2.02. The van der Waals surface area contributed by atoms with Crippen LogP contribution in [0.1, 0.15) is 23.3 Å². The van der Waals surface area contributed by atoms with E-state index >= 15 is 0 Å². The van der Waals surface area contributed by atoms with Gasteiger partial charge >= 0.3 is 0 Å². The molecule has 21 heavy (non-hydrogen) atoms. The summed E-state index contributed by atoms with van der Waals surface area (Å²) in [4.78, 5) is 0. The van der Waals surface area contributed by atoms with Gasteiger partial charge in [-0.2, -0.15) is 0 Å². The maximum atomic E-state index is 10.3. The second-order valence-corrected chi connectivity index (χ2v) is 5.95. The molecule has 4 atom stereocenters. The molecule has 0 unspecified atom stereocenters. The molecule has 3 aromatic carbocycles. The van der Waals surface area contributed by atoms with Crippen LogP contribution in [-0.2, 0) is 4.74 Å². The summed E-state index contributed by atoms with van der Waals surface area (Å²) in [5, 5.41) is 24.9. The lowest BCUT2D eigenvalue weighted by Gasteiger charge is -2.24. The van der Waals surface area contributed by atoms with E-state index in [-0.39, 0.29) is 12.2 Å². The highest BCUT2D eigenvalue weighted by atomic mass is 16.6. The SMILES string of the molecule is O[C@H]1[C@H]2O[C@H]2c2c(ccc3cc4ccccc4cc23)[C@H]1O. The number of hydrogen-bond acceptors (Lipinski definition) is 3. The zero-order valence-electron chi connectivity index (χ0n) is 11.2. The average Bonchev–Trinajstić information content (AvgIpc) is 3.30. The molecule has 5 rings (SSSR count). The lowest BCUT2D eigenvalue weighted by atomic mass is 9.84. The third-order valence-electron chi connectivity index (χ3n) is 4.75. The van der Waals surface area contributed by atoms with E-state index in [4.69, 9.17) is 4.74 Å². The maximum Gasteiger partial charge on any atom is 0.118 e. The number of benzene rings is 3. The Morgan fingerprint density at radius 2 is 1.62 bits per heavy atom. The van der Waals surface area contributed by atoms with Crippen molar-refractivity contribution in [2.24, 2.45) is 0 Å². The molecule has 3 heteroatoms. The topological polar surface area (TPSA) is 53.0 Å². The van der Waals surface area contributed by atoms with Gasteiger partial charge in [-0.1, -0.05) is 36.4 Å². The fourth-order valence-corrected chi connectivity index (χ4v) is 3.61. The molecule has 1 saturated heterocycles. The first-order valence-corrected chi connectivity index (χ1v) is 7.21. The monoisotopic (exact) mass is 278 g/mol. The number of epoxide rings is 1. The first kappa shape index (κ1) is 11.7. The normalized spacial score (nSPS) is 30.2. The number of rotatable bonds is 0. The van der Waals surface area contributed by atoms with Crippen molar-refractivity contribution in [1.82, 2.24) is 0 Å². The van der Waals surface area contributed by atoms with E-state index in [0.717, 1.165) is 21.9 Å². The van der Waals surface area contributed by atoms with E-state index in [1.807, 2.05) is 24.3 Å². The van der Waals surface area contributed by atoms with Crippen LogP contribution in [0.25, 0.3) is 21.5 Å². The third kappa shape index (κ3) is 1.48. The summed E-state index contributed by atoms with van der Waals surface area (Å²) in [6.45, 7) is 0. The summed E-state index contributed by atoms with van der Waals surface area (Å²) in [7, 11) is 0. The molecule has 1 fully saturated rings. The number of aliphatic hydroxyl groups excluding tert-OH is 2. The fourth-order valence-electron chi connectivity index (χ4n) is 3.61. The van der Waals surface area contributed by atoms with Gasteiger partial charge in [0.1, 0.15) is 24.4 Å². The van der Waals surface area contributed by atoms with Gasteiger partial charge in [-0.15, -0.1) is 0 Å². The van der Waals surface area contributed by atoms with Crippen molar-refractivity contribution in [2.45, 2.75) is 24.4 Å².